The number of para-hydroxylation sites is 1. The fourth-order valence-corrected chi connectivity index (χ4v) is 2.09. The number of nitrogens with zero attached hydrogens (tertiary/aromatic N) is 1. The van der Waals surface area contributed by atoms with Crippen LogP contribution in [0.25, 0.3) is 0 Å². The van der Waals surface area contributed by atoms with Gasteiger partial charge in [-0.15, -0.1) is 11.6 Å². The Hall–Kier alpha value is -1.52. The van der Waals surface area contributed by atoms with Crippen LogP contribution in [0.1, 0.15) is 16.7 Å². The smallest absolute Gasteiger partial charge is 0.272 e. The molecule has 1 atom stereocenters. The summed E-state index contributed by atoms with van der Waals surface area (Å²) in [5, 5.41) is 10.6. The molecule has 0 bridgehead atoms. The molecule has 4 nitrogen and oxygen atoms in total. The third kappa shape index (κ3) is 2.83. The molecule has 2 rings (SSSR count). The van der Waals surface area contributed by atoms with Gasteiger partial charge in [0.1, 0.15) is 5.76 Å². The highest BCUT2D eigenvalue weighted by molar-refractivity contribution is 6.29. The zero-order valence-electron chi connectivity index (χ0n) is 9.18. The van der Waals surface area contributed by atoms with Crippen molar-refractivity contribution in [2.75, 3.05) is 0 Å². The summed E-state index contributed by atoms with van der Waals surface area (Å²) < 4.78 is 5.18. The van der Waals surface area contributed by atoms with Gasteiger partial charge >= 0.3 is 0 Å². The molecule has 0 radical (unpaired) electrons. The lowest BCUT2D eigenvalue weighted by Gasteiger charge is -2.06. The molecule has 0 N–H and O–H groups in total. The SMILES string of the molecule is O=[N+]([O-])c1ccccc1CC(Cl)c1ccc(Cl)o1. The first-order valence-corrected chi connectivity index (χ1v) is 6.01. The molecule has 2 aromatic rings. The van der Waals surface area contributed by atoms with E-state index in [-0.39, 0.29) is 10.9 Å². The van der Waals surface area contributed by atoms with Crippen molar-refractivity contribution in [3.63, 3.8) is 0 Å². The topological polar surface area (TPSA) is 56.3 Å². The lowest BCUT2D eigenvalue weighted by atomic mass is 10.1. The van der Waals surface area contributed by atoms with Gasteiger partial charge in [0.15, 0.2) is 5.22 Å². The number of nitro groups is 1. The van der Waals surface area contributed by atoms with Gasteiger partial charge < -0.3 is 4.42 Å². The number of alkyl halides is 1. The van der Waals surface area contributed by atoms with Crippen molar-refractivity contribution in [2.24, 2.45) is 0 Å². The van der Waals surface area contributed by atoms with Gasteiger partial charge in [-0.1, -0.05) is 18.2 Å². The first-order valence-electron chi connectivity index (χ1n) is 5.19. The maximum Gasteiger partial charge on any atom is 0.272 e. The van der Waals surface area contributed by atoms with Crippen molar-refractivity contribution >= 4 is 28.9 Å². The van der Waals surface area contributed by atoms with Gasteiger partial charge in [0.05, 0.1) is 10.3 Å². The first-order chi connectivity index (χ1) is 8.58. The molecular weight excluding hydrogens is 277 g/mol. The lowest BCUT2D eigenvalue weighted by molar-refractivity contribution is -0.385. The molecule has 0 saturated carbocycles. The van der Waals surface area contributed by atoms with Gasteiger partial charge in [-0.05, 0) is 23.7 Å². The normalized spacial score (nSPS) is 12.3. The quantitative estimate of drug-likeness (QED) is 0.476. The summed E-state index contributed by atoms with van der Waals surface area (Å²) in [5.74, 6) is 0.500. The monoisotopic (exact) mass is 285 g/mol. The number of hydrogen-bond donors (Lipinski definition) is 0. The Morgan fingerprint density at radius 1 is 1.28 bits per heavy atom. The molecule has 0 aliphatic heterocycles. The van der Waals surface area contributed by atoms with E-state index in [0.717, 1.165) is 0 Å². The standard InChI is InChI=1S/C12H9Cl2NO3/c13-9(11-5-6-12(14)18-11)7-8-3-1-2-4-10(8)15(16)17/h1-6,9H,7H2. The molecule has 18 heavy (non-hydrogen) atoms. The Balaban J connectivity index is 2.21. The van der Waals surface area contributed by atoms with Crippen LogP contribution in [0.15, 0.2) is 40.8 Å². The molecule has 1 aromatic carbocycles. The third-order valence-electron chi connectivity index (χ3n) is 2.49. The molecule has 6 heteroatoms. The zero-order chi connectivity index (χ0) is 13.1. The number of rotatable bonds is 4. The third-order valence-corrected chi connectivity index (χ3v) is 3.06. The van der Waals surface area contributed by atoms with Gasteiger partial charge in [0.2, 0.25) is 0 Å². The number of furan rings is 1. The number of halogens is 2. The average Bonchev–Trinajstić information content (AvgIpc) is 2.76. The van der Waals surface area contributed by atoms with Crippen molar-refractivity contribution in [3.05, 3.63) is 63.1 Å². The van der Waals surface area contributed by atoms with E-state index >= 15 is 0 Å². The summed E-state index contributed by atoms with van der Waals surface area (Å²) >= 11 is 11.8. The summed E-state index contributed by atoms with van der Waals surface area (Å²) in [5.41, 5.74) is 0.621. The van der Waals surface area contributed by atoms with Gasteiger partial charge in [0, 0.05) is 18.1 Å². The second kappa shape index (κ2) is 5.42. The van der Waals surface area contributed by atoms with Crippen molar-refractivity contribution in [1.29, 1.82) is 0 Å². The van der Waals surface area contributed by atoms with Crippen molar-refractivity contribution in [2.45, 2.75) is 11.8 Å². The summed E-state index contributed by atoms with van der Waals surface area (Å²) in [7, 11) is 0. The van der Waals surface area contributed by atoms with Crippen LogP contribution in [0.2, 0.25) is 5.22 Å². The zero-order valence-corrected chi connectivity index (χ0v) is 10.7. The van der Waals surface area contributed by atoms with Crippen LogP contribution >= 0.6 is 23.2 Å². The summed E-state index contributed by atoms with van der Waals surface area (Å²) in [6.07, 6.45) is 0.308. The van der Waals surface area contributed by atoms with Crippen molar-refractivity contribution in [1.82, 2.24) is 0 Å². The van der Waals surface area contributed by atoms with Crippen LogP contribution in [0.4, 0.5) is 5.69 Å². The second-order valence-electron chi connectivity index (χ2n) is 3.70. The molecule has 1 heterocycles. The molecule has 0 amide bonds. The summed E-state index contributed by atoms with van der Waals surface area (Å²) in [6, 6.07) is 9.74. The van der Waals surface area contributed by atoms with Crippen molar-refractivity contribution < 1.29 is 9.34 Å². The van der Waals surface area contributed by atoms with E-state index in [1.54, 1.807) is 30.3 Å². The van der Waals surface area contributed by atoms with Crippen LogP contribution in [0, 0.1) is 10.1 Å². The molecule has 0 aliphatic rings. The Bertz CT molecular complexity index is 568. The van der Waals surface area contributed by atoms with Crippen LogP contribution < -0.4 is 0 Å². The Morgan fingerprint density at radius 3 is 2.61 bits per heavy atom. The summed E-state index contributed by atoms with van der Waals surface area (Å²) in [6.45, 7) is 0. The van der Waals surface area contributed by atoms with Gasteiger partial charge in [-0.25, -0.2) is 0 Å². The molecule has 1 unspecified atom stereocenters. The molecule has 0 saturated heterocycles. The molecule has 1 aromatic heterocycles. The van der Waals surface area contributed by atoms with E-state index in [9.17, 15) is 10.1 Å². The Morgan fingerprint density at radius 2 is 2.00 bits per heavy atom. The molecule has 0 fully saturated rings. The maximum absolute atomic E-state index is 10.9. The molecule has 0 aliphatic carbocycles. The number of nitro benzene ring substituents is 1. The van der Waals surface area contributed by atoms with Crippen LogP contribution in [-0.2, 0) is 6.42 Å². The predicted molar refractivity (Wildman–Crippen MR) is 69.1 cm³/mol. The fourth-order valence-electron chi connectivity index (χ4n) is 1.65. The Kier molecular flexibility index (Phi) is 3.89. The first kappa shape index (κ1) is 12.9. The molecular formula is C12H9Cl2NO3. The highest BCUT2D eigenvalue weighted by Crippen LogP contribution is 2.31. The fraction of sp³-hybridized carbons (Fsp3) is 0.167. The lowest BCUT2D eigenvalue weighted by Crippen LogP contribution is -1.99. The van der Waals surface area contributed by atoms with Crippen LogP contribution in [-0.4, -0.2) is 4.92 Å². The minimum Gasteiger partial charge on any atom is -0.448 e. The van der Waals surface area contributed by atoms with Crippen LogP contribution in [0.5, 0.6) is 0 Å². The van der Waals surface area contributed by atoms with Gasteiger partial charge in [-0.2, -0.15) is 0 Å². The maximum atomic E-state index is 10.9. The van der Waals surface area contributed by atoms with Gasteiger partial charge in [-0.3, -0.25) is 10.1 Å². The van der Waals surface area contributed by atoms with Gasteiger partial charge in [0.25, 0.3) is 5.69 Å². The molecule has 0 spiro atoms. The minimum atomic E-state index is -0.487. The molecule has 94 valence electrons. The highest BCUT2D eigenvalue weighted by atomic mass is 35.5. The van der Waals surface area contributed by atoms with E-state index < -0.39 is 10.3 Å². The second-order valence-corrected chi connectivity index (χ2v) is 4.60. The highest BCUT2D eigenvalue weighted by Gasteiger charge is 2.19. The predicted octanol–water partition coefficient (Wildman–Crippen LogP) is 4.36. The van der Waals surface area contributed by atoms with E-state index in [2.05, 4.69) is 0 Å². The number of benzene rings is 1. The van der Waals surface area contributed by atoms with E-state index in [1.807, 2.05) is 0 Å². The summed E-state index contributed by atoms with van der Waals surface area (Å²) in [4.78, 5) is 10.4. The van der Waals surface area contributed by atoms with Crippen LogP contribution in [0.3, 0.4) is 0 Å². The van der Waals surface area contributed by atoms with Crippen molar-refractivity contribution in [3.8, 4) is 0 Å². The Labute approximate surface area is 113 Å². The average molecular weight is 286 g/mol. The minimum absolute atomic E-state index is 0.0563. The van der Waals surface area contributed by atoms with E-state index in [1.165, 1.54) is 6.07 Å². The number of hydrogen-bond acceptors (Lipinski definition) is 3. The van der Waals surface area contributed by atoms with E-state index in [0.29, 0.717) is 17.7 Å². The van der Waals surface area contributed by atoms with E-state index in [4.69, 9.17) is 27.6 Å². The largest absolute Gasteiger partial charge is 0.448 e.